The van der Waals surface area contributed by atoms with Crippen molar-refractivity contribution in [2.45, 2.75) is 45.1 Å². The molecular formula is C25H33N5OS. The van der Waals surface area contributed by atoms with E-state index in [2.05, 4.69) is 45.6 Å². The van der Waals surface area contributed by atoms with Crippen LogP contribution in [-0.2, 0) is 0 Å². The van der Waals surface area contributed by atoms with Gasteiger partial charge in [0, 0.05) is 43.3 Å². The van der Waals surface area contributed by atoms with Gasteiger partial charge in [0.25, 0.3) is 5.91 Å². The molecule has 7 heteroatoms. The molecule has 0 atom stereocenters. The highest BCUT2D eigenvalue weighted by Gasteiger charge is 2.27. The average molecular weight is 452 g/mol. The first-order valence-corrected chi connectivity index (χ1v) is 12.7. The molecule has 1 saturated heterocycles. The van der Waals surface area contributed by atoms with Crippen molar-refractivity contribution in [2.24, 2.45) is 11.7 Å². The topological polar surface area (TPSA) is 67.4 Å². The molecule has 3 heterocycles. The molecule has 0 spiro atoms. The number of carbonyl (C=O) groups excluding carboxylic acids is 1. The molecule has 3 aromatic rings. The maximum atomic E-state index is 11.8. The molecule has 2 fully saturated rings. The van der Waals surface area contributed by atoms with Crippen LogP contribution in [0.15, 0.2) is 36.4 Å². The molecule has 5 rings (SSSR count). The van der Waals surface area contributed by atoms with E-state index < -0.39 is 0 Å². The minimum atomic E-state index is -0.315. The van der Waals surface area contributed by atoms with E-state index in [1.54, 1.807) is 11.5 Å². The van der Waals surface area contributed by atoms with Gasteiger partial charge in [0.05, 0.1) is 4.70 Å². The number of amides is 1. The normalized spacial score (nSPS) is 22.5. The van der Waals surface area contributed by atoms with Gasteiger partial charge in [-0.25, -0.2) is 0 Å². The van der Waals surface area contributed by atoms with Crippen LogP contribution in [0, 0.1) is 12.8 Å². The number of primary amides is 1. The molecule has 0 radical (unpaired) electrons. The number of carbonyl (C=O) groups is 1. The molecule has 1 aliphatic carbocycles. The quantitative estimate of drug-likeness (QED) is 0.601. The predicted octanol–water partition coefficient (Wildman–Crippen LogP) is 4.45. The van der Waals surface area contributed by atoms with E-state index in [1.807, 2.05) is 12.1 Å². The summed E-state index contributed by atoms with van der Waals surface area (Å²) in [7, 11) is 0. The summed E-state index contributed by atoms with van der Waals surface area (Å²) in [4.78, 5) is 16.8. The average Bonchev–Trinajstić information content (AvgIpc) is 3.42. The summed E-state index contributed by atoms with van der Waals surface area (Å²) in [5.74, 6) is 1.64. The summed E-state index contributed by atoms with van der Waals surface area (Å²) in [5.41, 5.74) is 7.40. The van der Waals surface area contributed by atoms with Gasteiger partial charge < -0.3 is 15.2 Å². The van der Waals surface area contributed by atoms with Crippen molar-refractivity contribution in [3.63, 3.8) is 0 Å². The molecule has 1 aromatic carbocycles. The number of hydrogen-bond acceptors (Lipinski definition) is 5. The zero-order valence-corrected chi connectivity index (χ0v) is 19.7. The molecule has 170 valence electrons. The molecule has 1 amide bonds. The summed E-state index contributed by atoms with van der Waals surface area (Å²) >= 11 is 1.61. The van der Waals surface area contributed by atoms with Crippen LogP contribution in [0.5, 0.6) is 0 Å². The third kappa shape index (κ3) is 4.28. The second-order valence-electron chi connectivity index (χ2n) is 9.39. The van der Waals surface area contributed by atoms with Crippen molar-refractivity contribution in [3.8, 4) is 0 Å². The lowest BCUT2D eigenvalue weighted by atomic mass is 9.83. The molecule has 1 aliphatic heterocycles. The Bertz CT molecular complexity index is 1070. The largest absolute Gasteiger partial charge is 0.364 e. The Labute approximate surface area is 194 Å². The zero-order chi connectivity index (χ0) is 22.1. The Kier molecular flexibility index (Phi) is 6.20. The number of anilines is 1. The molecule has 1 saturated carbocycles. The van der Waals surface area contributed by atoms with Crippen LogP contribution in [-0.4, -0.2) is 52.5 Å². The fraction of sp³-hybridized carbons (Fsp3) is 0.520. The fourth-order valence-corrected chi connectivity index (χ4v) is 6.37. The van der Waals surface area contributed by atoms with E-state index in [9.17, 15) is 4.79 Å². The molecule has 2 N–H and O–H groups in total. The van der Waals surface area contributed by atoms with Crippen molar-refractivity contribution in [1.29, 1.82) is 0 Å². The lowest BCUT2D eigenvalue weighted by Crippen LogP contribution is -2.47. The molecule has 2 aliphatic rings. The fourth-order valence-electron chi connectivity index (χ4n) is 5.58. The van der Waals surface area contributed by atoms with E-state index >= 15 is 0 Å². The van der Waals surface area contributed by atoms with Crippen LogP contribution in [0.1, 0.15) is 54.3 Å². The Morgan fingerprint density at radius 2 is 1.81 bits per heavy atom. The van der Waals surface area contributed by atoms with Crippen molar-refractivity contribution < 1.29 is 4.79 Å². The van der Waals surface area contributed by atoms with Gasteiger partial charge in [0.2, 0.25) is 0 Å². The highest BCUT2D eigenvalue weighted by atomic mass is 32.1. The second kappa shape index (κ2) is 9.24. The van der Waals surface area contributed by atoms with E-state index in [-0.39, 0.29) is 5.91 Å². The van der Waals surface area contributed by atoms with Gasteiger partial charge in [0.15, 0.2) is 0 Å². The molecule has 2 aromatic heterocycles. The van der Waals surface area contributed by atoms with Crippen LogP contribution in [0.4, 0.5) is 5.82 Å². The number of aromatic nitrogens is 2. The van der Waals surface area contributed by atoms with Crippen LogP contribution >= 0.6 is 11.5 Å². The monoisotopic (exact) mass is 451 g/mol. The van der Waals surface area contributed by atoms with Gasteiger partial charge in [0.1, 0.15) is 11.5 Å². The van der Waals surface area contributed by atoms with Crippen LogP contribution < -0.4 is 10.6 Å². The molecular weight excluding hydrogens is 418 g/mol. The number of hydrogen-bond donors (Lipinski definition) is 1. The Hall–Kier alpha value is -2.38. The minimum Gasteiger partial charge on any atom is -0.364 e. The molecule has 32 heavy (non-hydrogen) atoms. The van der Waals surface area contributed by atoms with Crippen LogP contribution in [0.2, 0.25) is 0 Å². The summed E-state index contributed by atoms with van der Waals surface area (Å²) < 4.78 is 8.19. The Morgan fingerprint density at radius 3 is 2.56 bits per heavy atom. The summed E-state index contributed by atoms with van der Waals surface area (Å²) in [6, 6.07) is 12.9. The van der Waals surface area contributed by atoms with Crippen LogP contribution in [0.25, 0.3) is 10.1 Å². The summed E-state index contributed by atoms with van der Waals surface area (Å²) in [6.07, 6.45) is 6.05. The molecule has 0 unspecified atom stereocenters. The third-order valence-corrected chi connectivity index (χ3v) is 8.26. The van der Waals surface area contributed by atoms with E-state index in [0.29, 0.717) is 11.7 Å². The predicted molar refractivity (Wildman–Crippen MR) is 132 cm³/mol. The smallest absolute Gasteiger partial charge is 0.265 e. The first-order valence-electron chi connectivity index (χ1n) is 11.9. The number of fused-ring (bicyclic) bond motifs is 1. The second-order valence-corrected chi connectivity index (χ2v) is 10.2. The van der Waals surface area contributed by atoms with Gasteiger partial charge in [-0.3, -0.25) is 9.69 Å². The Morgan fingerprint density at radius 1 is 1.06 bits per heavy atom. The van der Waals surface area contributed by atoms with Crippen molar-refractivity contribution in [2.75, 3.05) is 37.6 Å². The lowest BCUT2D eigenvalue weighted by Gasteiger charge is -2.36. The maximum absolute atomic E-state index is 11.8. The zero-order valence-electron chi connectivity index (χ0n) is 18.9. The first-order chi connectivity index (χ1) is 15.6. The number of aryl methyl sites for hydroxylation is 1. The van der Waals surface area contributed by atoms with Gasteiger partial charge >= 0.3 is 0 Å². The first kappa shape index (κ1) is 21.5. The summed E-state index contributed by atoms with van der Waals surface area (Å²) in [6.45, 7) is 7.62. The van der Waals surface area contributed by atoms with E-state index in [4.69, 9.17) is 10.1 Å². The summed E-state index contributed by atoms with van der Waals surface area (Å²) in [5, 5.41) is 1.29. The minimum absolute atomic E-state index is 0.315. The highest BCUT2D eigenvalue weighted by Crippen LogP contribution is 2.36. The van der Waals surface area contributed by atoms with Gasteiger partial charge in [-0.15, -0.1) is 0 Å². The number of benzene rings is 1. The van der Waals surface area contributed by atoms with Gasteiger partial charge in [-0.1, -0.05) is 12.1 Å². The number of rotatable bonds is 6. The number of piperazine rings is 1. The van der Waals surface area contributed by atoms with Gasteiger partial charge in [-0.05, 0) is 87.3 Å². The maximum Gasteiger partial charge on any atom is 0.265 e. The van der Waals surface area contributed by atoms with Crippen molar-refractivity contribution in [3.05, 3.63) is 47.8 Å². The standard InChI is InChI=1S/C25H33N5OS/c1-18-6-11-22(24(26)31)30(18)20-9-7-19(8-10-20)12-13-28-14-16-29(17-15-28)25-21-4-2-3-5-23(21)32-27-25/h2-6,11,19-20H,7-10,12-17H2,1H3,(H2,26,31). The van der Waals surface area contributed by atoms with Gasteiger partial charge in [-0.2, -0.15) is 4.37 Å². The highest BCUT2D eigenvalue weighted by molar-refractivity contribution is 7.13. The van der Waals surface area contributed by atoms with Crippen LogP contribution in [0.3, 0.4) is 0 Å². The molecule has 0 bridgehead atoms. The number of nitrogens with two attached hydrogens (primary N) is 1. The SMILES string of the molecule is Cc1ccc(C(N)=O)n1C1CCC(CCN2CCN(c3nsc4ccccc34)CC2)CC1. The Balaban J connectivity index is 1.09. The lowest BCUT2D eigenvalue weighted by molar-refractivity contribution is 0.0986. The van der Waals surface area contributed by atoms with E-state index in [1.165, 1.54) is 41.7 Å². The number of nitrogens with zero attached hydrogens (tertiary/aromatic N) is 4. The van der Waals surface area contributed by atoms with Crippen molar-refractivity contribution in [1.82, 2.24) is 13.8 Å². The third-order valence-electron chi connectivity index (χ3n) is 7.44. The van der Waals surface area contributed by atoms with E-state index in [0.717, 1.165) is 50.6 Å². The van der Waals surface area contributed by atoms with Crippen molar-refractivity contribution >= 4 is 33.3 Å². The molecule has 6 nitrogen and oxygen atoms in total.